The highest BCUT2D eigenvalue weighted by molar-refractivity contribution is 5.96. The number of aliphatic carboxylic acids is 2. The normalized spacial score (nSPS) is 16.4. The number of guanidine groups is 1. The molecule has 0 saturated carbocycles. The summed E-state index contributed by atoms with van der Waals surface area (Å²) in [6.07, 6.45) is -0.0157. The Bertz CT molecular complexity index is 1450. The van der Waals surface area contributed by atoms with Crippen LogP contribution in [-0.2, 0) is 43.2 Å². The van der Waals surface area contributed by atoms with Gasteiger partial charge in [0.1, 0.15) is 30.2 Å². The van der Waals surface area contributed by atoms with Crippen molar-refractivity contribution >= 4 is 59.2 Å². The summed E-state index contributed by atoms with van der Waals surface area (Å²) in [5, 5.41) is 31.3. The zero-order valence-electron chi connectivity index (χ0n) is 32.4. The van der Waals surface area contributed by atoms with Crippen LogP contribution < -0.4 is 49.5 Å². The standard InChI is InChI=1S/C34H59N11O11/c1-17(2)15-22(29(51)44-27(18(3)4)31(53)42-21(33(55)56)7-5-13-39-34(37)38)43-28(50)20(10-12-26(48)49)41-25(47)16-40-30(52)23-8-6-14-45(23)32(54)19(35)9-11-24(36)46/h17-23,27H,5-16,35H2,1-4H3,(H2,36,46)(H,40,52)(H,41,47)(H,42,53)(H,43,50)(H,44,51)(H,48,49)(H,55,56)(H4,37,38,39)/t19-,20-,21-,22-,23-,27-/m0/s1. The Hall–Kier alpha value is -5.54. The molecule has 7 amide bonds. The summed E-state index contributed by atoms with van der Waals surface area (Å²) >= 11 is 0. The van der Waals surface area contributed by atoms with Crippen LogP contribution in [0.25, 0.3) is 0 Å². The number of likely N-dealkylation sites (tertiary alicyclic amines) is 1. The fourth-order valence-corrected chi connectivity index (χ4v) is 5.79. The first-order valence-corrected chi connectivity index (χ1v) is 18.5. The Labute approximate surface area is 325 Å². The molecular weight excluding hydrogens is 738 g/mol. The minimum Gasteiger partial charge on any atom is -0.481 e. The molecule has 6 atom stereocenters. The molecule has 15 N–H and O–H groups in total. The molecule has 0 aromatic heterocycles. The minimum atomic E-state index is -1.47. The Kier molecular flexibility index (Phi) is 20.8. The van der Waals surface area contributed by atoms with Crippen LogP contribution in [0.1, 0.15) is 85.5 Å². The van der Waals surface area contributed by atoms with E-state index in [4.69, 9.17) is 22.9 Å². The highest BCUT2D eigenvalue weighted by atomic mass is 16.4. The van der Waals surface area contributed by atoms with Gasteiger partial charge in [0.2, 0.25) is 41.4 Å². The number of amides is 7. The molecule has 22 heteroatoms. The van der Waals surface area contributed by atoms with Gasteiger partial charge in [0.25, 0.3) is 0 Å². The maximum absolute atomic E-state index is 13.6. The van der Waals surface area contributed by atoms with Gasteiger partial charge in [-0.25, -0.2) is 4.79 Å². The maximum Gasteiger partial charge on any atom is 0.326 e. The van der Waals surface area contributed by atoms with E-state index in [0.717, 1.165) is 0 Å². The largest absolute Gasteiger partial charge is 0.481 e. The number of carbonyl (C=O) groups is 9. The number of aliphatic imine (C=N–C) groups is 1. The summed E-state index contributed by atoms with van der Waals surface area (Å²) in [7, 11) is 0. The zero-order valence-corrected chi connectivity index (χ0v) is 32.4. The molecule has 0 bridgehead atoms. The summed E-state index contributed by atoms with van der Waals surface area (Å²) in [5.74, 6) is -8.70. The molecule has 0 aromatic rings. The molecule has 0 unspecified atom stereocenters. The predicted octanol–water partition coefficient (Wildman–Crippen LogP) is -3.67. The second-order valence-corrected chi connectivity index (χ2v) is 14.3. The van der Waals surface area contributed by atoms with Crippen molar-refractivity contribution in [2.45, 2.75) is 122 Å². The van der Waals surface area contributed by atoms with Gasteiger partial charge in [0.15, 0.2) is 5.96 Å². The molecule has 56 heavy (non-hydrogen) atoms. The van der Waals surface area contributed by atoms with Crippen molar-refractivity contribution < 1.29 is 53.4 Å². The lowest BCUT2D eigenvalue weighted by Crippen LogP contribution is -2.59. The first-order valence-electron chi connectivity index (χ1n) is 18.5. The van der Waals surface area contributed by atoms with Crippen LogP contribution in [0.5, 0.6) is 0 Å². The van der Waals surface area contributed by atoms with Gasteiger partial charge in [-0.3, -0.25) is 43.3 Å². The van der Waals surface area contributed by atoms with Crippen molar-refractivity contribution in [1.29, 1.82) is 0 Å². The van der Waals surface area contributed by atoms with Crippen LogP contribution in [0, 0.1) is 11.8 Å². The van der Waals surface area contributed by atoms with Crippen molar-refractivity contribution in [3.05, 3.63) is 0 Å². The number of nitrogens with one attached hydrogen (secondary N) is 5. The molecule has 1 heterocycles. The Morgan fingerprint density at radius 2 is 1.41 bits per heavy atom. The average Bonchev–Trinajstić information content (AvgIpc) is 3.60. The molecule has 1 rings (SSSR count). The topological polar surface area (TPSA) is 374 Å². The van der Waals surface area contributed by atoms with Gasteiger partial charge in [-0.1, -0.05) is 27.7 Å². The molecule has 0 radical (unpaired) electrons. The van der Waals surface area contributed by atoms with E-state index < -0.39 is 108 Å². The van der Waals surface area contributed by atoms with E-state index in [0.29, 0.717) is 6.42 Å². The van der Waals surface area contributed by atoms with Crippen molar-refractivity contribution in [3.8, 4) is 0 Å². The lowest BCUT2D eigenvalue weighted by Gasteiger charge is -2.28. The Balaban J connectivity index is 3.03. The van der Waals surface area contributed by atoms with E-state index in [1.54, 1.807) is 27.7 Å². The fraction of sp³-hybridized carbons (Fsp3) is 0.706. The van der Waals surface area contributed by atoms with Crippen LogP contribution in [0.15, 0.2) is 4.99 Å². The van der Waals surface area contributed by atoms with Crippen LogP contribution >= 0.6 is 0 Å². The first-order chi connectivity index (χ1) is 26.1. The molecule has 0 spiro atoms. The second-order valence-electron chi connectivity index (χ2n) is 14.3. The van der Waals surface area contributed by atoms with Crippen molar-refractivity contribution in [3.63, 3.8) is 0 Å². The van der Waals surface area contributed by atoms with Crippen molar-refractivity contribution in [1.82, 2.24) is 31.5 Å². The van der Waals surface area contributed by atoms with Crippen LogP contribution in [0.3, 0.4) is 0 Å². The fourth-order valence-electron chi connectivity index (χ4n) is 5.79. The van der Waals surface area contributed by atoms with Crippen LogP contribution in [0.4, 0.5) is 0 Å². The van der Waals surface area contributed by atoms with Gasteiger partial charge >= 0.3 is 11.9 Å². The lowest BCUT2D eigenvalue weighted by atomic mass is 9.99. The van der Waals surface area contributed by atoms with Gasteiger partial charge in [0.05, 0.1) is 12.6 Å². The third-order valence-corrected chi connectivity index (χ3v) is 8.73. The van der Waals surface area contributed by atoms with Crippen LogP contribution in [0.2, 0.25) is 0 Å². The van der Waals surface area contributed by atoms with Gasteiger partial charge in [-0.15, -0.1) is 0 Å². The number of carboxylic acid groups (broad SMARTS) is 2. The van der Waals surface area contributed by atoms with E-state index in [1.165, 1.54) is 4.90 Å². The van der Waals surface area contributed by atoms with Crippen molar-refractivity contribution in [2.24, 2.45) is 39.8 Å². The Morgan fingerprint density at radius 1 is 0.786 bits per heavy atom. The number of hydrogen-bond donors (Lipinski definition) is 11. The highest BCUT2D eigenvalue weighted by Gasteiger charge is 2.37. The molecule has 0 aliphatic carbocycles. The lowest BCUT2D eigenvalue weighted by molar-refractivity contribution is -0.143. The number of carboxylic acids is 2. The monoisotopic (exact) mass is 797 g/mol. The molecular formula is C34H59N11O11. The molecule has 316 valence electrons. The average molecular weight is 798 g/mol. The first kappa shape index (κ1) is 48.5. The number of primary amides is 1. The predicted molar refractivity (Wildman–Crippen MR) is 201 cm³/mol. The minimum absolute atomic E-state index is 0.00854. The molecule has 1 aliphatic rings. The zero-order chi connectivity index (χ0) is 42.7. The second kappa shape index (κ2) is 24.1. The molecule has 1 saturated heterocycles. The molecule has 1 fully saturated rings. The molecule has 0 aromatic carbocycles. The van der Waals surface area contributed by atoms with Crippen molar-refractivity contribution in [2.75, 3.05) is 19.6 Å². The SMILES string of the molecule is CC(C)C[C@H](NC(=O)[C@H](CCC(=O)O)NC(=O)CNC(=O)[C@@H]1CCCN1C(=O)[C@@H](N)CCC(N)=O)C(=O)N[C@H](C(=O)N[C@@H](CCCN=C(N)N)C(=O)O)C(C)C. The van der Waals surface area contributed by atoms with Gasteiger partial charge in [0, 0.05) is 25.9 Å². The number of hydrogen-bond acceptors (Lipinski definition) is 11. The molecule has 22 nitrogen and oxygen atoms in total. The van der Waals surface area contributed by atoms with Gasteiger partial charge < -0.3 is 64.6 Å². The van der Waals surface area contributed by atoms with E-state index in [9.17, 15) is 53.4 Å². The smallest absolute Gasteiger partial charge is 0.326 e. The Morgan fingerprint density at radius 3 is 1.96 bits per heavy atom. The third kappa shape index (κ3) is 17.7. The number of rotatable bonds is 25. The van der Waals surface area contributed by atoms with E-state index in [1.807, 2.05) is 0 Å². The number of nitrogens with two attached hydrogens (primary N) is 4. The van der Waals surface area contributed by atoms with Gasteiger partial charge in [-0.05, 0) is 56.8 Å². The quantitative estimate of drug-likeness (QED) is 0.0241. The summed E-state index contributed by atoms with van der Waals surface area (Å²) in [6.45, 7) is 6.48. The van der Waals surface area contributed by atoms with E-state index >= 15 is 0 Å². The number of carbonyl (C=O) groups excluding carboxylic acids is 7. The summed E-state index contributed by atoms with van der Waals surface area (Å²) < 4.78 is 0. The maximum atomic E-state index is 13.6. The van der Waals surface area contributed by atoms with E-state index in [-0.39, 0.29) is 69.9 Å². The summed E-state index contributed by atoms with van der Waals surface area (Å²) in [6, 6.07) is -7.29. The summed E-state index contributed by atoms with van der Waals surface area (Å²) in [4.78, 5) is 118. The number of nitrogens with zero attached hydrogens (tertiary/aromatic N) is 2. The third-order valence-electron chi connectivity index (χ3n) is 8.73. The highest BCUT2D eigenvalue weighted by Crippen LogP contribution is 2.19. The van der Waals surface area contributed by atoms with Crippen LogP contribution in [-0.4, -0.2) is 130 Å². The van der Waals surface area contributed by atoms with E-state index in [2.05, 4.69) is 31.6 Å². The van der Waals surface area contributed by atoms with Gasteiger partial charge in [-0.2, -0.15) is 0 Å². The molecule has 1 aliphatic heterocycles. The summed E-state index contributed by atoms with van der Waals surface area (Å²) in [5.41, 5.74) is 21.6.